The molecular formula is C15H19IN2O. The summed E-state index contributed by atoms with van der Waals surface area (Å²) in [6.45, 7) is 8.31. The first-order valence-electron chi connectivity index (χ1n) is 6.59. The topological polar surface area (TPSA) is 23.6 Å². The molecule has 0 N–H and O–H groups in total. The van der Waals surface area contributed by atoms with E-state index in [1.165, 1.54) is 0 Å². The molecule has 0 atom stereocenters. The molecule has 19 heavy (non-hydrogen) atoms. The Morgan fingerprint density at radius 2 is 2.16 bits per heavy atom. The van der Waals surface area contributed by atoms with E-state index in [0.29, 0.717) is 0 Å². The van der Waals surface area contributed by atoms with Gasteiger partial charge in [0.25, 0.3) is 5.91 Å². The Hall–Kier alpha value is -0.880. The molecule has 1 aliphatic heterocycles. The molecule has 1 heterocycles. The molecule has 1 amide bonds. The molecule has 3 nitrogen and oxygen atoms in total. The first-order chi connectivity index (χ1) is 9.20. The van der Waals surface area contributed by atoms with Crippen molar-refractivity contribution in [3.8, 4) is 0 Å². The second-order valence-electron chi connectivity index (χ2n) is 4.75. The van der Waals surface area contributed by atoms with E-state index in [1.54, 1.807) is 0 Å². The van der Waals surface area contributed by atoms with Crippen LogP contribution in [-0.2, 0) is 0 Å². The van der Waals surface area contributed by atoms with E-state index in [9.17, 15) is 4.79 Å². The minimum atomic E-state index is 0.152. The van der Waals surface area contributed by atoms with Crippen molar-refractivity contribution in [1.29, 1.82) is 0 Å². The third-order valence-electron chi connectivity index (χ3n) is 3.33. The van der Waals surface area contributed by atoms with Crippen LogP contribution >= 0.6 is 22.6 Å². The van der Waals surface area contributed by atoms with E-state index in [-0.39, 0.29) is 5.91 Å². The van der Waals surface area contributed by atoms with Gasteiger partial charge >= 0.3 is 0 Å². The van der Waals surface area contributed by atoms with Crippen molar-refractivity contribution in [2.75, 3.05) is 32.7 Å². The summed E-state index contributed by atoms with van der Waals surface area (Å²) in [5.74, 6) is 0.152. The van der Waals surface area contributed by atoms with Crippen LogP contribution in [0.2, 0.25) is 0 Å². The number of amides is 1. The average molecular weight is 370 g/mol. The Morgan fingerprint density at radius 1 is 1.32 bits per heavy atom. The van der Waals surface area contributed by atoms with Crippen molar-refractivity contribution in [2.24, 2.45) is 0 Å². The lowest BCUT2D eigenvalue weighted by Crippen LogP contribution is -2.35. The van der Waals surface area contributed by atoms with Gasteiger partial charge in [-0.3, -0.25) is 9.69 Å². The highest BCUT2D eigenvalue weighted by molar-refractivity contribution is 14.1. The first-order valence-corrected chi connectivity index (χ1v) is 7.66. The van der Waals surface area contributed by atoms with Crippen LogP contribution in [0.15, 0.2) is 36.9 Å². The minimum Gasteiger partial charge on any atom is -0.337 e. The number of hydrogen-bond acceptors (Lipinski definition) is 2. The maximum atomic E-state index is 12.5. The van der Waals surface area contributed by atoms with E-state index < -0.39 is 0 Å². The average Bonchev–Trinajstić information content (AvgIpc) is 2.64. The molecular weight excluding hydrogens is 351 g/mol. The highest BCUT2D eigenvalue weighted by Gasteiger charge is 2.19. The summed E-state index contributed by atoms with van der Waals surface area (Å²) in [7, 11) is 0. The minimum absolute atomic E-state index is 0.152. The van der Waals surface area contributed by atoms with Gasteiger partial charge < -0.3 is 4.90 Å². The third kappa shape index (κ3) is 4.04. The summed E-state index contributed by atoms with van der Waals surface area (Å²) in [6.07, 6.45) is 2.96. The molecule has 4 heteroatoms. The van der Waals surface area contributed by atoms with Gasteiger partial charge in [0, 0.05) is 41.9 Å². The fourth-order valence-electron chi connectivity index (χ4n) is 2.34. The normalized spacial score (nSPS) is 17.0. The van der Waals surface area contributed by atoms with Crippen molar-refractivity contribution < 1.29 is 4.79 Å². The lowest BCUT2D eigenvalue weighted by Gasteiger charge is -2.21. The molecule has 0 radical (unpaired) electrons. The van der Waals surface area contributed by atoms with E-state index >= 15 is 0 Å². The molecule has 1 aliphatic rings. The summed E-state index contributed by atoms with van der Waals surface area (Å²) in [5.41, 5.74) is 0.795. The second-order valence-corrected chi connectivity index (χ2v) is 5.99. The third-order valence-corrected chi connectivity index (χ3v) is 4.01. The van der Waals surface area contributed by atoms with Gasteiger partial charge in [0.15, 0.2) is 0 Å². The smallest absolute Gasteiger partial charge is 0.253 e. The first kappa shape index (κ1) is 14.5. The molecule has 0 unspecified atom stereocenters. The van der Waals surface area contributed by atoms with Crippen LogP contribution in [-0.4, -0.2) is 48.4 Å². The Kier molecular flexibility index (Phi) is 5.39. The number of hydrogen-bond donors (Lipinski definition) is 0. The Morgan fingerprint density at radius 3 is 2.89 bits per heavy atom. The molecule has 0 spiro atoms. The Labute approximate surface area is 128 Å². The maximum Gasteiger partial charge on any atom is 0.253 e. The fourth-order valence-corrected chi connectivity index (χ4v) is 2.89. The van der Waals surface area contributed by atoms with Crippen molar-refractivity contribution in [3.05, 3.63) is 46.1 Å². The summed E-state index contributed by atoms with van der Waals surface area (Å²) < 4.78 is 1.10. The standard InChI is InChI=1S/C15H19IN2O/c1-2-7-17-8-4-9-18(11-10-17)15(19)13-5-3-6-14(16)12-13/h2-3,5-6,12H,1,4,7-11H2. The van der Waals surface area contributed by atoms with Gasteiger partial charge in [-0.05, 0) is 47.2 Å². The van der Waals surface area contributed by atoms with E-state index in [1.807, 2.05) is 35.2 Å². The molecule has 0 saturated carbocycles. The molecule has 2 rings (SSSR count). The maximum absolute atomic E-state index is 12.5. The number of rotatable bonds is 3. The van der Waals surface area contributed by atoms with E-state index in [4.69, 9.17) is 0 Å². The summed E-state index contributed by atoms with van der Waals surface area (Å²) in [4.78, 5) is 16.8. The number of carbonyl (C=O) groups excluding carboxylic acids is 1. The second kappa shape index (κ2) is 7.05. The van der Waals surface area contributed by atoms with Gasteiger partial charge in [-0.2, -0.15) is 0 Å². The SMILES string of the molecule is C=CCN1CCCN(C(=O)c2cccc(I)c2)CC1. The van der Waals surface area contributed by atoms with Crippen LogP contribution in [0, 0.1) is 3.57 Å². The van der Waals surface area contributed by atoms with E-state index in [0.717, 1.165) is 48.3 Å². The van der Waals surface area contributed by atoms with Crippen LogP contribution in [0.4, 0.5) is 0 Å². The molecule has 1 aromatic carbocycles. The van der Waals surface area contributed by atoms with Crippen LogP contribution in [0.3, 0.4) is 0 Å². The van der Waals surface area contributed by atoms with Gasteiger partial charge in [-0.1, -0.05) is 12.1 Å². The summed E-state index contributed by atoms with van der Waals surface area (Å²) in [5, 5.41) is 0. The monoisotopic (exact) mass is 370 g/mol. The van der Waals surface area contributed by atoms with Crippen molar-refractivity contribution in [3.63, 3.8) is 0 Å². The lowest BCUT2D eigenvalue weighted by molar-refractivity contribution is 0.0762. The highest BCUT2D eigenvalue weighted by atomic mass is 127. The molecule has 0 bridgehead atoms. The predicted molar refractivity (Wildman–Crippen MR) is 86.3 cm³/mol. The zero-order chi connectivity index (χ0) is 13.7. The van der Waals surface area contributed by atoms with Gasteiger partial charge in [-0.15, -0.1) is 6.58 Å². The fraction of sp³-hybridized carbons (Fsp3) is 0.400. The molecule has 0 aromatic heterocycles. The highest BCUT2D eigenvalue weighted by Crippen LogP contribution is 2.12. The Balaban J connectivity index is 2.02. The van der Waals surface area contributed by atoms with Crippen molar-refractivity contribution in [1.82, 2.24) is 9.80 Å². The quantitative estimate of drug-likeness (QED) is 0.603. The number of benzene rings is 1. The van der Waals surface area contributed by atoms with Crippen LogP contribution in [0.5, 0.6) is 0 Å². The molecule has 1 saturated heterocycles. The molecule has 1 aromatic rings. The molecule has 0 aliphatic carbocycles. The van der Waals surface area contributed by atoms with Crippen molar-refractivity contribution in [2.45, 2.75) is 6.42 Å². The van der Waals surface area contributed by atoms with Gasteiger partial charge in [-0.25, -0.2) is 0 Å². The zero-order valence-corrected chi connectivity index (χ0v) is 13.2. The number of carbonyl (C=O) groups is 1. The summed E-state index contributed by atoms with van der Waals surface area (Å²) in [6, 6.07) is 7.80. The van der Waals surface area contributed by atoms with Gasteiger partial charge in [0.2, 0.25) is 0 Å². The van der Waals surface area contributed by atoms with Gasteiger partial charge in [0.1, 0.15) is 0 Å². The van der Waals surface area contributed by atoms with Gasteiger partial charge in [0.05, 0.1) is 0 Å². The van der Waals surface area contributed by atoms with Crippen LogP contribution in [0.25, 0.3) is 0 Å². The molecule has 102 valence electrons. The summed E-state index contributed by atoms with van der Waals surface area (Å²) >= 11 is 2.24. The number of nitrogens with zero attached hydrogens (tertiary/aromatic N) is 2. The van der Waals surface area contributed by atoms with E-state index in [2.05, 4.69) is 34.1 Å². The predicted octanol–water partition coefficient (Wildman–Crippen LogP) is 2.63. The number of halogens is 1. The van der Waals surface area contributed by atoms with Crippen LogP contribution in [0.1, 0.15) is 16.8 Å². The Bertz CT molecular complexity index is 461. The van der Waals surface area contributed by atoms with Crippen molar-refractivity contribution >= 4 is 28.5 Å². The largest absolute Gasteiger partial charge is 0.337 e. The molecule has 1 fully saturated rings. The zero-order valence-electron chi connectivity index (χ0n) is 11.0. The van der Waals surface area contributed by atoms with Crippen LogP contribution < -0.4 is 0 Å². The lowest BCUT2D eigenvalue weighted by atomic mass is 10.2.